The van der Waals surface area contributed by atoms with Gasteiger partial charge in [0.1, 0.15) is 0 Å². The first-order valence-electron chi connectivity index (χ1n) is 8.47. The molecule has 0 aliphatic carbocycles. The quantitative estimate of drug-likeness (QED) is 0.763. The lowest BCUT2D eigenvalue weighted by Gasteiger charge is -2.36. The minimum atomic E-state index is -0.155. The number of amides is 2. The minimum Gasteiger partial charge on any atom is -0.340 e. The molecule has 4 nitrogen and oxygen atoms in total. The summed E-state index contributed by atoms with van der Waals surface area (Å²) in [6, 6.07) is 5.50. The number of nitrogens with zero attached hydrogens (tertiary/aromatic N) is 2. The average molecular weight is 371 g/mol. The van der Waals surface area contributed by atoms with Crippen molar-refractivity contribution in [3.05, 3.63) is 28.2 Å². The van der Waals surface area contributed by atoms with Crippen molar-refractivity contribution in [2.45, 2.75) is 52.0 Å². The highest BCUT2D eigenvalue weighted by molar-refractivity contribution is 6.44. The van der Waals surface area contributed by atoms with Gasteiger partial charge in [-0.2, -0.15) is 0 Å². The zero-order valence-corrected chi connectivity index (χ0v) is 15.7. The van der Waals surface area contributed by atoms with Crippen LogP contribution in [0.25, 0.3) is 0 Å². The van der Waals surface area contributed by atoms with E-state index in [9.17, 15) is 9.59 Å². The van der Waals surface area contributed by atoms with E-state index in [1.807, 2.05) is 4.90 Å². The Morgan fingerprint density at radius 1 is 1.29 bits per heavy atom. The third-order valence-electron chi connectivity index (χ3n) is 4.57. The van der Waals surface area contributed by atoms with Crippen molar-refractivity contribution in [3.8, 4) is 0 Å². The molecule has 6 heteroatoms. The summed E-state index contributed by atoms with van der Waals surface area (Å²) < 4.78 is 0. The number of carbonyl (C=O) groups excluding carboxylic acids is 2. The van der Waals surface area contributed by atoms with Crippen molar-refractivity contribution in [3.63, 3.8) is 0 Å². The summed E-state index contributed by atoms with van der Waals surface area (Å²) in [5.41, 5.74) is 0.551. The molecule has 2 rings (SSSR count). The van der Waals surface area contributed by atoms with Gasteiger partial charge in [0, 0.05) is 32.5 Å². The standard InChI is InChI=1S/C18H24Cl2N2O2/c1-3-14-7-4-5-11-22(14)17(24)10-12-21(13(2)23)16-9-6-8-15(19)18(16)20/h6,8-9,14H,3-5,7,10-12H2,1-2H3. The van der Waals surface area contributed by atoms with Gasteiger partial charge in [0.05, 0.1) is 15.7 Å². The molecule has 1 fully saturated rings. The van der Waals surface area contributed by atoms with Crippen LogP contribution in [0, 0.1) is 0 Å². The number of carbonyl (C=O) groups is 2. The van der Waals surface area contributed by atoms with E-state index in [1.54, 1.807) is 18.2 Å². The Hall–Kier alpha value is -1.26. The summed E-state index contributed by atoms with van der Waals surface area (Å²) in [6.07, 6.45) is 4.57. The predicted molar refractivity (Wildman–Crippen MR) is 98.7 cm³/mol. The maximum absolute atomic E-state index is 12.6. The monoisotopic (exact) mass is 370 g/mol. The average Bonchev–Trinajstić information content (AvgIpc) is 2.58. The summed E-state index contributed by atoms with van der Waals surface area (Å²) in [7, 11) is 0. The number of anilines is 1. The van der Waals surface area contributed by atoms with E-state index in [0.29, 0.717) is 34.7 Å². The first kappa shape index (κ1) is 19.1. The maximum atomic E-state index is 12.6. The highest BCUT2D eigenvalue weighted by Crippen LogP contribution is 2.32. The van der Waals surface area contributed by atoms with Gasteiger partial charge in [-0.15, -0.1) is 0 Å². The second-order valence-corrected chi connectivity index (χ2v) is 6.92. The van der Waals surface area contributed by atoms with Crippen LogP contribution >= 0.6 is 23.2 Å². The number of hydrogen-bond acceptors (Lipinski definition) is 2. The molecule has 1 heterocycles. The van der Waals surface area contributed by atoms with Gasteiger partial charge in [-0.05, 0) is 37.8 Å². The van der Waals surface area contributed by atoms with E-state index >= 15 is 0 Å². The third-order valence-corrected chi connectivity index (χ3v) is 5.38. The van der Waals surface area contributed by atoms with Crippen LogP contribution in [0.4, 0.5) is 5.69 Å². The second-order valence-electron chi connectivity index (χ2n) is 6.14. The zero-order valence-electron chi connectivity index (χ0n) is 14.2. The molecule has 0 radical (unpaired) electrons. The fourth-order valence-electron chi connectivity index (χ4n) is 3.25. The highest BCUT2D eigenvalue weighted by atomic mass is 35.5. The fraction of sp³-hybridized carbons (Fsp3) is 0.556. The minimum absolute atomic E-state index is 0.103. The fourth-order valence-corrected chi connectivity index (χ4v) is 3.65. The summed E-state index contributed by atoms with van der Waals surface area (Å²) >= 11 is 12.3. The number of piperidine rings is 1. The number of likely N-dealkylation sites (tertiary alicyclic amines) is 1. The number of hydrogen-bond donors (Lipinski definition) is 0. The molecule has 0 bridgehead atoms. The number of rotatable bonds is 5. The largest absolute Gasteiger partial charge is 0.340 e. The third kappa shape index (κ3) is 4.42. The summed E-state index contributed by atoms with van der Waals surface area (Å²) in [6.45, 7) is 4.71. The first-order valence-corrected chi connectivity index (χ1v) is 9.22. The molecule has 1 aromatic carbocycles. The molecule has 1 aliphatic heterocycles. The van der Waals surface area contributed by atoms with E-state index < -0.39 is 0 Å². The molecule has 1 aliphatic rings. The van der Waals surface area contributed by atoms with Gasteiger partial charge in [-0.25, -0.2) is 0 Å². The van der Waals surface area contributed by atoms with E-state index in [-0.39, 0.29) is 11.8 Å². The summed E-state index contributed by atoms with van der Waals surface area (Å²) in [4.78, 5) is 28.1. The normalized spacial score (nSPS) is 17.7. The maximum Gasteiger partial charge on any atom is 0.224 e. The molecular weight excluding hydrogens is 347 g/mol. The van der Waals surface area contributed by atoms with Crippen molar-refractivity contribution in [2.24, 2.45) is 0 Å². The van der Waals surface area contributed by atoms with Crippen molar-refractivity contribution in [2.75, 3.05) is 18.0 Å². The predicted octanol–water partition coefficient (Wildman–Crippen LogP) is 4.53. The van der Waals surface area contributed by atoms with Crippen LogP contribution in [0.3, 0.4) is 0 Å². The lowest BCUT2D eigenvalue weighted by Crippen LogP contribution is -2.44. The first-order chi connectivity index (χ1) is 11.5. The van der Waals surface area contributed by atoms with E-state index in [4.69, 9.17) is 23.2 Å². The van der Waals surface area contributed by atoms with Gasteiger partial charge in [-0.3, -0.25) is 9.59 Å². The molecule has 1 atom stereocenters. The van der Waals surface area contributed by atoms with Crippen molar-refractivity contribution in [1.29, 1.82) is 0 Å². The van der Waals surface area contributed by atoms with Crippen LogP contribution in [0.1, 0.15) is 46.0 Å². The zero-order chi connectivity index (χ0) is 17.7. The molecule has 0 spiro atoms. The van der Waals surface area contributed by atoms with E-state index in [2.05, 4.69) is 6.92 Å². The van der Waals surface area contributed by atoms with Crippen molar-refractivity contribution < 1.29 is 9.59 Å². The smallest absolute Gasteiger partial charge is 0.224 e. The Morgan fingerprint density at radius 2 is 2.04 bits per heavy atom. The van der Waals surface area contributed by atoms with Gasteiger partial charge >= 0.3 is 0 Å². The Morgan fingerprint density at radius 3 is 2.71 bits per heavy atom. The highest BCUT2D eigenvalue weighted by Gasteiger charge is 2.26. The van der Waals surface area contributed by atoms with Crippen LogP contribution in [-0.2, 0) is 9.59 Å². The Balaban J connectivity index is 2.07. The van der Waals surface area contributed by atoms with E-state index in [1.165, 1.54) is 18.2 Å². The van der Waals surface area contributed by atoms with Gasteiger partial charge in [0.2, 0.25) is 11.8 Å². The van der Waals surface area contributed by atoms with Crippen molar-refractivity contribution >= 4 is 40.7 Å². The lowest BCUT2D eigenvalue weighted by atomic mass is 9.99. The molecule has 0 saturated carbocycles. The molecule has 0 aromatic heterocycles. The summed E-state index contributed by atoms with van der Waals surface area (Å²) in [5.74, 6) is -0.0522. The van der Waals surface area contributed by atoms with Crippen LogP contribution in [0.15, 0.2) is 18.2 Å². The topological polar surface area (TPSA) is 40.6 Å². The second kappa shape index (κ2) is 8.72. The molecule has 1 unspecified atom stereocenters. The molecule has 2 amide bonds. The van der Waals surface area contributed by atoms with Gasteiger partial charge < -0.3 is 9.80 Å². The Kier molecular flexibility index (Phi) is 6.93. The molecule has 1 saturated heterocycles. The SMILES string of the molecule is CCC1CCCCN1C(=O)CCN(C(C)=O)c1cccc(Cl)c1Cl. The van der Waals surface area contributed by atoms with Crippen LogP contribution in [0.5, 0.6) is 0 Å². The van der Waals surface area contributed by atoms with Crippen molar-refractivity contribution in [1.82, 2.24) is 4.90 Å². The molecule has 132 valence electrons. The lowest BCUT2D eigenvalue weighted by molar-refractivity contribution is -0.134. The molecular formula is C18H24Cl2N2O2. The molecule has 1 aromatic rings. The van der Waals surface area contributed by atoms with Gasteiger partial charge in [0.15, 0.2) is 0 Å². The van der Waals surface area contributed by atoms with E-state index in [0.717, 1.165) is 25.8 Å². The van der Waals surface area contributed by atoms with Crippen LogP contribution in [-0.4, -0.2) is 35.8 Å². The summed E-state index contributed by atoms with van der Waals surface area (Å²) in [5, 5.41) is 0.736. The Bertz CT molecular complexity index is 607. The Labute approximate surface area is 153 Å². The number of halogens is 2. The van der Waals surface area contributed by atoms with Crippen LogP contribution < -0.4 is 4.90 Å². The number of benzene rings is 1. The van der Waals surface area contributed by atoms with Gasteiger partial charge in [0.25, 0.3) is 0 Å². The molecule has 24 heavy (non-hydrogen) atoms. The van der Waals surface area contributed by atoms with Gasteiger partial charge in [-0.1, -0.05) is 36.2 Å². The molecule has 0 N–H and O–H groups in total. The van der Waals surface area contributed by atoms with Crippen LogP contribution in [0.2, 0.25) is 10.0 Å².